The molecule has 2 heterocycles. The summed E-state index contributed by atoms with van der Waals surface area (Å²) in [6.45, 7) is 5.73. The molecule has 0 spiro atoms. The number of piperazine rings is 1. The molecule has 1 amide bonds. The Bertz CT molecular complexity index is 1040. The summed E-state index contributed by atoms with van der Waals surface area (Å²) in [5.41, 5.74) is 0.0244. The van der Waals surface area contributed by atoms with Crippen LogP contribution in [0.3, 0.4) is 0 Å². The first-order valence-electron chi connectivity index (χ1n) is 10.3. The maximum absolute atomic E-state index is 13.0. The standard InChI is InChI=1S/C21H24F3N5O4/c1-13(2)19-25-14(3)10-18(26-19)27-6-8-28(9-7-27)20(30)16-11-15(33-12-21(22,23)24)4-5-17(16)29(31)32/h4-5,10-11,13H,6-9,12H2,1-3H3. The van der Waals surface area contributed by atoms with Crippen LogP contribution in [0.2, 0.25) is 0 Å². The van der Waals surface area contributed by atoms with E-state index in [-0.39, 0.29) is 30.3 Å². The lowest BCUT2D eigenvalue weighted by Gasteiger charge is -2.35. The summed E-state index contributed by atoms with van der Waals surface area (Å²) in [5.74, 6) is 0.707. The number of carbonyl (C=O) groups is 1. The topological polar surface area (TPSA) is 102 Å². The fourth-order valence-corrected chi connectivity index (χ4v) is 3.40. The predicted molar refractivity (Wildman–Crippen MR) is 114 cm³/mol. The molecule has 1 aliphatic heterocycles. The molecule has 0 aliphatic carbocycles. The number of hydrogen-bond donors (Lipinski definition) is 0. The van der Waals surface area contributed by atoms with Gasteiger partial charge in [-0.3, -0.25) is 14.9 Å². The van der Waals surface area contributed by atoms with Crippen molar-refractivity contribution in [2.45, 2.75) is 32.9 Å². The predicted octanol–water partition coefficient (Wildman–Crippen LogP) is 3.72. The fraction of sp³-hybridized carbons (Fsp3) is 0.476. The quantitative estimate of drug-likeness (QED) is 0.471. The number of alkyl halides is 3. The Labute approximate surface area is 188 Å². The molecule has 0 saturated carbocycles. The van der Waals surface area contributed by atoms with E-state index in [1.807, 2.05) is 31.7 Å². The number of amides is 1. The third kappa shape index (κ3) is 6.08. The summed E-state index contributed by atoms with van der Waals surface area (Å²) in [5, 5.41) is 11.4. The van der Waals surface area contributed by atoms with Gasteiger partial charge in [0.25, 0.3) is 11.6 Å². The Kier molecular flexibility index (Phi) is 7.04. The van der Waals surface area contributed by atoms with Gasteiger partial charge in [0, 0.05) is 49.9 Å². The number of anilines is 1. The Morgan fingerprint density at radius 1 is 1.18 bits per heavy atom. The third-order valence-corrected chi connectivity index (χ3v) is 5.06. The SMILES string of the molecule is Cc1cc(N2CCN(C(=O)c3cc(OCC(F)(F)F)ccc3[N+](=O)[O-])CC2)nc(C(C)C)n1. The summed E-state index contributed by atoms with van der Waals surface area (Å²) in [7, 11) is 0. The van der Waals surface area contributed by atoms with Crippen molar-refractivity contribution in [3.05, 3.63) is 51.5 Å². The first kappa shape index (κ1) is 24.2. The molecule has 0 radical (unpaired) electrons. The van der Waals surface area contributed by atoms with Crippen LogP contribution in [0.4, 0.5) is 24.7 Å². The number of carbonyl (C=O) groups excluding carboxylic acids is 1. The van der Waals surface area contributed by atoms with E-state index in [0.29, 0.717) is 13.1 Å². The molecule has 1 aromatic heterocycles. The zero-order chi connectivity index (χ0) is 24.3. The van der Waals surface area contributed by atoms with Gasteiger partial charge in [-0.15, -0.1) is 0 Å². The number of benzene rings is 1. The fourth-order valence-electron chi connectivity index (χ4n) is 3.40. The van der Waals surface area contributed by atoms with Gasteiger partial charge >= 0.3 is 6.18 Å². The summed E-state index contributed by atoms with van der Waals surface area (Å²) < 4.78 is 42.0. The summed E-state index contributed by atoms with van der Waals surface area (Å²) >= 11 is 0. The van der Waals surface area contributed by atoms with E-state index < -0.39 is 29.3 Å². The molecule has 178 valence electrons. The summed E-state index contributed by atoms with van der Waals surface area (Å²) in [4.78, 5) is 36.1. The minimum absolute atomic E-state index is 0.152. The van der Waals surface area contributed by atoms with E-state index in [0.717, 1.165) is 35.5 Å². The zero-order valence-corrected chi connectivity index (χ0v) is 18.4. The van der Waals surface area contributed by atoms with Gasteiger partial charge in [-0.2, -0.15) is 13.2 Å². The van der Waals surface area contributed by atoms with Crippen molar-refractivity contribution in [2.75, 3.05) is 37.7 Å². The number of halogens is 3. The molecule has 1 saturated heterocycles. The lowest BCUT2D eigenvalue weighted by molar-refractivity contribution is -0.385. The number of nitrogens with zero attached hydrogens (tertiary/aromatic N) is 5. The second-order valence-corrected chi connectivity index (χ2v) is 8.00. The van der Waals surface area contributed by atoms with Gasteiger partial charge in [0.15, 0.2) is 6.61 Å². The van der Waals surface area contributed by atoms with Gasteiger partial charge in [-0.25, -0.2) is 9.97 Å². The Morgan fingerprint density at radius 3 is 2.42 bits per heavy atom. The van der Waals surface area contributed by atoms with Gasteiger partial charge < -0.3 is 14.5 Å². The Balaban J connectivity index is 1.75. The molecular formula is C21H24F3N5O4. The highest BCUT2D eigenvalue weighted by molar-refractivity contribution is 5.98. The molecule has 3 rings (SSSR count). The first-order valence-corrected chi connectivity index (χ1v) is 10.3. The number of nitro groups is 1. The van der Waals surface area contributed by atoms with Gasteiger partial charge in [0.1, 0.15) is 23.0 Å². The molecule has 9 nitrogen and oxygen atoms in total. The maximum Gasteiger partial charge on any atom is 0.422 e. The van der Waals surface area contributed by atoms with Crippen molar-refractivity contribution in [3.8, 4) is 5.75 Å². The summed E-state index contributed by atoms with van der Waals surface area (Å²) in [6.07, 6.45) is -4.57. The van der Waals surface area contributed by atoms with Crippen LogP contribution in [0.15, 0.2) is 24.3 Å². The van der Waals surface area contributed by atoms with Crippen molar-refractivity contribution >= 4 is 17.4 Å². The number of hydrogen-bond acceptors (Lipinski definition) is 7. The van der Waals surface area contributed by atoms with E-state index in [2.05, 4.69) is 14.7 Å². The first-order chi connectivity index (χ1) is 15.4. The van der Waals surface area contributed by atoms with Crippen LogP contribution < -0.4 is 9.64 Å². The molecule has 2 aromatic rings. The van der Waals surface area contributed by atoms with Crippen molar-refractivity contribution < 1.29 is 27.6 Å². The molecule has 12 heteroatoms. The molecular weight excluding hydrogens is 443 g/mol. The lowest BCUT2D eigenvalue weighted by Crippen LogP contribution is -2.49. The minimum Gasteiger partial charge on any atom is -0.484 e. The van der Waals surface area contributed by atoms with Crippen molar-refractivity contribution in [3.63, 3.8) is 0 Å². The Hall–Kier alpha value is -3.44. The molecule has 0 N–H and O–H groups in total. The highest BCUT2D eigenvalue weighted by Crippen LogP contribution is 2.28. The molecule has 0 atom stereocenters. The highest BCUT2D eigenvalue weighted by atomic mass is 19.4. The maximum atomic E-state index is 13.0. The van der Waals surface area contributed by atoms with E-state index in [9.17, 15) is 28.1 Å². The molecule has 33 heavy (non-hydrogen) atoms. The largest absolute Gasteiger partial charge is 0.484 e. The second-order valence-electron chi connectivity index (χ2n) is 8.00. The van der Waals surface area contributed by atoms with Crippen molar-refractivity contribution in [1.82, 2.24) is 14.9 Å². The second kappa shape index (κ2) is 9.59. The van der Waals surface area contributed by atoms with Crippen LogP contribution in [0.25, 0.3) is 0 Å². The lowest BCUT2D eigenvalue weighted by atomic mass is 10.1. The highest BCUT2D eigenvalue weighted by Gasteiger charge is 2.31. The molecule has 1 aromatic carbocycles. The monoisotopic (exact) mass is 467 g/mol. The van der Waals surface area contributed by atoms with Crippen LogP contribution in [0.1, 0.15) is 41.6 Å². The van der Waals surface area contributed by atoms with Crippen LogP contribution in [-0.2, 0) is 0 Å². The average Bonchev–Trinajstić information content (AvgIpc) is 2.76. The molecule has 1 fully saturated rings. The average molecular weight is 467 g/mol. The number of nitro benzene ring substituents is 1. The minimum atomic E-state index is -4.57. The van der Waals surface area contributed by atoms with E-state index in [4.69, 9.17) is 0 Å². The van der Waals surface area contributed by atoms with Gasteiger partial charge in [-0.1, -0.05) is 13.8 Å². The van der Waals surface area contributed by atoms with E-state index in [1.165, 1.54) is 4.90 Å². The van der Waals surface area contributed by atoms with E-state index >= 15 is 0 Å². The smallest absolute Gasteiger partial charge is 0.422 e. The Morgan fingerprint density at radius 2 is 1.85 bits per heavy atom. The van der Waals surface area contributed by atoms with Crippen LogP contribution >= 0.6 is 0 Å². The number of aromatic nitrogens is 2. The summed E-state index contributed by atoms with van der Waals surface area (Å²) in [6, 6.07) is 4.87. The number of aryl methyl sites for hydroxylation is 1. The zero-order valence-electron chi connectivity index (χ0n) is 18.4. The van der Waals surface area contributed by atoms with Crippen LogP contribution in [-0.4, -0.2) is 64.7 Å². The van der Waals surface area contributed by atoms with Crippen molar-refractivity contribution in [2.24, 2.45) is 0 Å². The van der Waals surface area contributed by atoms with Gasteiger partial charge in [0.2, 0.25) is 0 Å². The van der Waals surface area contributed by atoms with E-state index in [1.54, 1.807) is 0 Å². The molecule has 0 unspecified atom stereocenters. The van der Waals surface area contributed by atoms with Gasteiger partial charge in [-0.05, 0) is 19.1 Å². The number of rotatable bonds is 6. The van der Waals surface area contributed by atoms with Gasteiger partial charge in [0.05, 0.1) is 4.92 Å². The molecule has 0 bridgehead atoms. The normalized spacial score (nSPS) is 14.5. The van der Waals surface area contributed by atoms with Crippen LogP contribution in [0, 0.1) is 17.0 Å². The van der Waals surface area contributed by atoms with Crippen molar-refractivity contribution in [1.29, 1.82) is 0 Å². The molecule has 1 aliphatic rings. The third-order valence-electron chi connectivity index (χ3n) is 5.06. The number of ether oxygens (including phenoxy) is 1. The van der Waals surface area contributed by atoms with Crippen LogP contribution in [0.5, 0.6) is 5.75 Å².